The Labute approximate surface area is 67.0 Å². The molecule has 0 nitrogen and oxygen atoms in total. The predicted molar refractivity (Wildman–Crippen MR) is 34.8 cm³/mol. The fourth-order valence-electron chi connectivity index (χ4n) is 0.640. The molecule has 0 aromatic rings. The first kappa shape index (κ1) is 8.75. The van der Waals surface area contributed by atoms with Gasteiger partial charge in [0.05, 0.1) is 0 Å². The standard InChI is InChI=1S/C7H14.Zr/c1-3-5-7-6-4-2;/h3,5-7H2,1-2H3;/q;+2. The molecule has 0 aromatic carbocycles. The van der Waals surface area contributed by atoms with Crippen LogP contribution in [0, 0.1) is 0 Å². The van der Waals surface area contributed by atoms with Gasteiger partial charge in [0, 0.05) is 0 Å². The fraction of sp³-hybridized carbons (Fsp3) is 0.857. The number of hydrogen-bond acceptors (Lipinski definition) is 0. The quantitative estimate of drug-likeness (QED) is 0.595. The first-order valence-corrected chi connectivity index (χ1v) is 4.54. The molecule has 0 aliphatic rings. The average Bonchev–Trinajstić information content (AvgIpc) is 1.66. The molecule has 0 rings (SSSR count). The zero-order valence-electron chi connectivity index (χ0n) is 5.83. The Morgan fingerprint density at radius 1 is 1.38 bits per heavy atom. The second kappa shape index (κ2) is 5.88. The monoisotopic (exact) mass is 188 g/mol. The van der Waals surface area contributed by atoms with E-state index in [0.29, 0.717) is 0 Å². The third kappa shape index (κ3) is 6.75. The summed E-state index contributed by atoms with van der Waals surface area (Å²) in [6, 6.07) is 0. The van der Waals surface area contributed by atoms with Crippen LogP contribution in [0.4, 0.5) is 0 Å². The van der Waals surface area contributed by atoms with Gasteiger partial charge in [0.2, 0.25) is 0 Å². The number of hydrogen-bond donors (Lipinski definition) is 0. The molecule has 0 saturated carbocycles. The Kier molecular flexibility index (Phi) is 6.44. The van der Waals surface area contributed by atoms with Crippen LogP contribution in [-0.4, -0.2) is 3.21 Å². The van der Waals surface area contributed by atoms with Crippen LogP contribution in [0.3, 0.4) is 0 Å². The molecule has 0 unspecified atom stereocenters. The van der Waals surface area contributed by atoms with E-state index >= 15 is 0 Å². The summed E-state index contributed by atoms with van der Waals surface area (Å²) >= 11 is 1.62. The average molecular weight is 189 g/mol. The Balaban J connectivity index is 2.82. The minimum absolute atomic E-state index is 1.35. The molecule has 1 heteroatoms. The van der Waals surface area contributed by atoms with Gasteiger partial charge in [-0.2, -0.15) is 0 Å². The van der Waals surface area contributed by atoms with Gasteiger partial charge in [0.15, 0.2) is 0 Å². The van der Waals surface area contributed by atoms with Crippen LogP contribution in [0.5, 0.6) is 0 Å². The zero-order valence-corrected chi connectivity index (χ0v) is 8.29. The van der Waals surface area contributed by atoms with Crippen LogP contribution in [-0.2, 0) is 24.2 Å². The zero-order chi connectivity index (χ0) is 6.41. The summed E-state index contributed by atoms with van der Waals surface area (Å²) in [4.78, 5) is 0. The van der Waals surface area contributed by atoms with Crippen LogP contribution in [0.15, 0.2) is 0 Å². The maximum absolute atomic E-state index is 2.25. The van der Waals surface area contributed by atoms with Crippen LogP contribution in [0.2, 0.25) is 0 Å². The molecule has 0 fully saturated rings. The first-order chi connectivity index (χ1) is 3.77. The van der Waals surface area contributed by atoms with E-state index in [1.54, 1.807) is 27.4 Å². The molecule has 0 atom stereocenters. The van der Waals surface area contributed by atoms with Gasteiger partial charge >= 0.3 is 67.0 Å². The van der Waals surface area contributed by atoms with Gasteiger partial charge in [0.25, 0.3) is 0 Å². The van der Waals surface area contributed by atoms with Crippen LogP contribution in [0.25, 0.3) is 0 Å². The van der Waals surface area contributed by atoms with Crippen LogP contribution in [0.1, 0.15) is 39.5 Å². The van der Waals surface area contributed by atoms with E-state index in [1.165, 1.54) is 25.7 Å². The second-order valence-corrected chi connectivity index (χ2v) is 4.34. The predicted octanol–water partition coefficient (Wildman–Crippen LogP) is 2.31. The summed E-state index contributed by atoms with van der Waals surface area (Å²) in [6.07, 6.45) is 5.54. The van der Waals surface area contributed by atoms with Crippen molar-refractivity contribution >= 4 is 3.21 Å². The van der Waals surface area contributed by atoms with Crippen molar-refractivity contribution < 1.29 is 24.2 Å². The van der Waals surface area contributed by atoms with Crippen molar-refractivity contribution in [1.29, 1.82) is 0 Å². The van der Waals surface area contributed by atoms with E-state index in [9.17, 15) is 0 Å². The molecule has 8 heavy (non-hydrogen) atoms. The van der Waals surface area contributed by atoms with Crippen molar-refractivity contribution in [2.24, 2.45) is 0 Å². The Hall–Kier alpha value is 0.753. The Bertz CT molecular complexity index is 66.8. The molecule has 0 bridgehead atoms. The topological polar surface area (TPSA) is 0 Å². The number of rotatable bonds is 4. The van der Waals surface area contributed by atoms with Crippen LogP contribution >= 0.6 is 0 Å². The van der Waals surface area contributed by atoms with Gasteiger partial charge < -0.3 is 0 Å². The summed E-state index contributed by atoms with van der Waals surface area (Å²) < 4.78 is 1.66. The first-order valence-electron chi connectivity index (χ1n) is 3.31. The van der Waals surface area contributed by atoms with Crippen LogP contribution < -0.4 is 0 Å². The van der Waals surface area contributed by atoms with Crippen molar-refractivity contribution in [2.45, 2.75) is 39.5 Å². The maximum atomic E-state index is 2.25. The molecule has 0 spiro atoms. The van der Waals surface area contributed by atoms with E-state index < -0.39 is 0 Å². The normalized spacial score (nSPS) is 9.50. The van der Waals surface area contributed by atoms with Crippen molar-refractivity contribution in [3.05, 3.63) is 0 Å². The van der Waals surface area contributed by atoms with Gasteiger partial charge in [-0.25, -0.2) is 0 Å². The van der Waals surface area contributed by atoms with Gasteiger partial charge in [-0.05, 0) is 0 Å². The molecule has 0 amide bonds. The van der Waals surface area contributed by atoms with Crippen molar-refractivity contribution in [3.63, 3.8) is 0 Å². The van der Waals surface area contributed by atoms with Crippen molar-refractivity contribution in [2.75, 3.05) is 0 Å². The van der Waals surface area contributed by atoms with Crippen molar-refractivity contribution in [3.8, 4) is 0 Å². The van der Waals surface area contributed by atoms with Crippen molar-refractivity contribution in [1.82, 2.24) is 0 Å². The summed E-state index contributed by atoms with van der Waals surface area (Å²) in [7, 11) is 0. The number of unbranched alkanes of at least 4 members (excludes halogenated alkanes) is 2. The van der Waals surface area contributed by atoms with Gasteiger partial charge in [0.1, 0.15) is 0 Å². The molecule has 0 radical (unpaired) electrons. The van der Waals surface area contributed by atoms with E-state index in [0.717, 1.165) is 0 Å². The van der Waals surface area contributed by atoms with E-state index in [4.69, 9.17) is 0 Å². The third-order valence-electron chi connectivity index (χ3n) is 1.16. The molecule has 0 heterocycles. The molecule has 0 aliphatic carbocycles. The minimum atomic E-state index is 1.35. The summed E-state index contributed by atoms with van der Waals surface area (Å²) in [5.74, 6) is 0. The van der Waals surface area contributed by atoms with Gasteiger partial charge in [-0.3, -0.25) is 0 Å². The molecule has 0 aliphatic heterocycles. The Morgan fingerprint density at radius 2 is 2.00 bits per heavy atom. The molecular formula is C7H14Zr+2. The van der Waals surface area contributed by atoms with E-state index in [1.807, 2.05) is 0 Å². The van der Waals surface area contributed by atoms with Gasteiger partial charge in [-0.15, -0.1) is 0 Å². The van der Waals surface area contributed by atoms with E-state index in [2.05, 4.69) is 13.8 Å². The fourth-order valence-corrected chi connectivity index (χ4v) is 1.07. The molecular weight excluding hydrogens is 175 g/mol. The van der Waals surface area contributed by atoms with Gasteiger partial charge in [-0.1, -0.05) is 0 Å². The Morgan fingerprint density at radius 3 is 2.38 bits per heavy atom. The summed E-state index contributed by atoms with van der Waals surface area (Å²) in [5.41, 5.74) is 0. The molecule has 44 valence electrons. The molecule has 0 saturated heterocycles. The SMILES string of the molecule is CCCCC[C](C)=[Zr+2]. The molecule has 0 N–H and O–H groups in total. The molecule has 0 aromatic heterocycles. The second-order valence-electron chi connectivity index (χ2n) is 2.24. The summed E-state index contributed by atoms with van der Waals surface area (Å²) in [6.45, 7) is 4.49. The third-order valence-corrected chi connectivity index (χ3v) is 1.77. The van der Waals surface area contributed by atoms with E-state index in [-0.39, 0.29) is 0 Å². The summed E-state index contributed by atoms with van der Waals surface area (Å²) in [5, 5.41) is 0.